The third kappa shape index (κ3) is 0.805. The zero-order chi connectivity index (χ0) is 8.55. The van der Waals surface area contributed by atoms with E-state index in [1.165, 1.54) is 0 Å². The summed E-state index contributed by atoms with van der Waals surface area (Å²) in [4.78, 5) is 6.88. The fourth-order valence-corrected chi connectivity index (χ4v) is 1.11. The van der Waals surface area contributed by atoms with Gasteiger partial charge in [-0.1, -0.05) is 0 Å². The van der Waals surface area contributed by atoms with E-state index in [1.807, 2.05) is 0 Å². The molecule has 0 saturated heterocycles. The maximum absolute atomic E-state index is 8.66. The summed E-state index contributed by atoms with van der Waals surface area (Å²) in [6.07, 6.45) is 1.62. The standard InChI is InChI=1S/C8H6N4/c9-3-5-4-11-8-6(5)1-2-7(10)12-8/h1-2,4H,(H3,10,11,12). The molecule has 2 heterocycles. The number of fused-ring (bicyclic) bond motifs is 1. The van der Waals surface area contributed by atoms with Crippen LogP contribution in [0.1, 0.15) is 5.56 Å². The van der Waals surface area contributed by atoms with Gasteiger partial charge in [0.1, 0.15) is 17.5 Å². The molecule has 58 valence electrons. The number of nitrogens with two attached hydrogens (primary N) is 1. The van der Waals surface area contributed by atoms with Crippen molar-refractivity contribution in [3.63, 3.8) is 0 Å². The smallest absolute Gasteiger partial charge is 0.141 e. The minimum Gasteiger partial charge on any atom is -0.384 e. The first-order valence-corrected chi connectivity index (χ1v) is 3.45. The maximum Gasteiger partial charge on any atom is 0.141 e. The molecule has 3 N–H and O–H groups in total. The van der Waals surface area contributed by atoms with Gasteiger partial charge in [0.15, 0.2) is 0 Å². The number of aromatic nitrogens is 2. The summed E-state index contributed by atoms with van der Waals surface area (Å²) < 4.78 is 0. The molecule has 0 atom stereocenters. The van der Waals surface area contributed by atoms with Crippen molar-refractivity contribution >= 4 is 16.9 Å². The zero-order valence-electron chi connectivity index (χ0n) is 6.20. The van der Waals surface area contributed by atoms with Crippen molar-refractivity contribution in [3.8, 4) is 6.07 Å². The summed E-state index contributed by atoms with van der Waals surface area (Å²) in [5, 5.41) is 9.48. The lowest BCUT2D eigenvalue weighted by molar-refractivity contribution is 1.33. The molecule has 4 heteroatoms. The van der Waals surface area contributed by atoms with E-state index in [1.54, 1.807) is 18.3 Å². The fourth-order valence-electron chi connectivity index (χ4n) is 1.11. The van der Waals surface area contributed by atoms with E-state index in [4.69, 9.17) is 11.0 Å². The molecule has 0 radical (unpaired) electrons. The van der Waals surface area contributed by atoms with Crippen LogP contribution in [0.25, 0.3) is 11.0 Å². The number of nitrogen functional groups attached to an aromatic ring is 1. The highest BCUT2D eigenvalue weighted by atomic mass is 14.9. The van der Waals surface area contributed by atoms with Gasteiger partial charge >= 0.3 is 0 Å². The van der Waals surface area contributed by atoms with Crippen LogP contribution in [0, 0.1) is 11.3 Å². The second-order valence-corrected chi connectivity index (χ2v) is 2.45. The normalized spacial score (nSPS) is 9.92. The van der Waals surface area contributed by atoms with Crippen molar-refractivity contribution in [2.24, 2.45) is 0 Å². The van der Waals surface area contributed by atoms with Gasteiger partial charge in [-0.2, -0.15) is 5.26 Å². The summed E-state index contributed by atoms with van der Waals surface area (Å²) >= 11 is 0. The van der Waals surface area contributed by atoms with Gasteiger partial charge in [0.05, 0.1) is 5.56 Å². The molecule has 0 aromatic carbocycles. The largest absolute Gasteiger partial charge is 0.384 e. The number of hydrogen-bond acceptors (Lipinski definition) is 3. The van der Waals surface area contributed by atoms with E-state index in [0.717, 1.165) is 5.39 Å². The Morgan fingerprint density at radius 3 is 3.08 bits per heavy atom. The molecule has 2 rings (SSSR count). The molecule has 0 spiro atoms. The number of nitrogens with one attached hydrogen (secondary N) is 1. The average Bonchev–Trinajstić information content (AvgIpc) is 2.46. The van der Waals surface area contributed by atoms with E-state index in [9.17, 15) is 0 Å². The van der Waals surface area contributed by atoms with Gasteiger partial charge < -0.3 is 10.7 Å². The van der Waals surface area contributed by atoms with Gasteiger partial charge in [0.2, 0.25) is 0 Å². The number of nitriles is 1. The van der Waals surface area contributed by atoms with Gasteiger partial charge in [0.25, 0.3) is 0 Å². The van der Waals surface area contributed by atoms with Crippen LogP contribution < -0.4 is 5.73 Å². The lowest BCUT2D eigenvalue weighted by Crippen LogP contribution is -1.88. The minimum absolute atomic E-state index is 0.453. The van der Waals surface area contributed by atoms with Crippen LogP contribution in [-0.4, -0.2) is 9.97 Å². The molecular weight excluding hydrogens is 152 g/mol. The molecule has 0 aliphatic rings. The Morgan fingerprint density at radius 1 is 1.50 bits per heavy atom. The Labute approximate surface area is 68.6 Å². The molecule has 0 fully saturated rings. The summed E-state index contributed by atoms with van der Waals surface area (Å²) in [5.74, 6) is 0.453. The first-order valence-electron chi connectivity index (χ1n) is 3.45. The molecule has 2 aromatic heterocycles. The van der Waals surface area contributed by atoms with Crippen molar-refractivity contribution in [1.82, 2.24) is 9.97 Å². The number of rotatable bonds is 0. The van der Waals surface area contributed by atoms with E-state index < -0.39 is 0 Å². The van der Waals surface area contributed by atoms with Gasteiger partial charge in [0, 0.05) is 11.6 Å². The van der Waals surface area contributed by atoms with Gasteiger partial charge in [-0.15, -0.1) is 0 Å². The number of pyridine rings is 1. The molecule has 0 unspecified atom stereocenters. The van der Waals surface area contributed by atoms with Crippen LogP contribution in [0.15, 0.2) is 18.3 Å². The molecule has 0 saturated carbocycles. The third-order valence-corrected chi connectivity index (χ3v) is 1.68. The Morgan fingerprint density at radius 2 is 2.33 bits per heavy atom. The molecule has 12 heavy (non-hydrogen) atoms. The number of nitrogens with zero attached hydrogens (tertiary/aromatic N) is 2. The Hall–Kier alpha value is -2.02. The Kier molecular flexibility index (Phi) is 1.25. The van der Waals surface area contributed by atoms with E-state index in [0.29, 0.717) is 17.0 Å². The second kappa shape index (κ2) is 2.24. The van der Waals surface area contributed by atoms with Crippen molar-refractivity contribution in [2.45, 2.75) is 0 Å². The van der Waals surface area contributed by atoms with Crippen LogP contribution in [0.3, 0.4) is 0 Å². The van der Waals surface area contributed by atoms with Crippen LogP contribution >= 0.6 is 0 Å². The van der Waals surface area contributed by atoms with Crippen LogP contribution in [-0.2, 0) is 0 Å². The quantitative estimate of drug-likeness (QED) is 0.600. The second-order valence-electron chi connectivity index (χ2n) is 2.45. The first-order chi connectivity index (χ1) is 5.81. The highest BCUT2D eigenvalue weighted by Crippen LogP contribution is 2.16. The van der Waals surface area contributed by atoms with Crippen molar-refractivity contribution in [2.75, 3.05) is 5.73 Å². The molecular formula is C8H6N4. The lowest BCUT2D eigenvalue weighted by Gasteiger charge is -1.91. The molecule has 0 aliphatic carbocycles. The Bertz CT molecular complexity index is 463. The maximum atomic E-state index is 8.66. The van der Waals surface area contributed by atoms with Crippen LogP contribution in [0.4, 0.5) is 5.82 Å². The van der Waals surface area contributed by atoms with Crippen molar-refractivity contribution in [3.05, 3.63) is 23.9 Å². The van der Waals surface area contributed by atoms with E-state index >= 15 is 0 Å². The van der Waals surface area contributed by atoms with E-state index in [-0.39, 0.29) is 0 Å². The highest BCUT2D eigenvalue weighted by Gasteiger charge is 2.02. The summed E-state index contributed by atoms with van der Waals surface area (Å²) in [6, 6.07) is 5.52. The van der Waals surface area contributed by atoms with Crippen molar-refractivity contribution in [1.29, 1.82) is 5.26 Å². The minimum atomic E-state index is 0.453. The topological polar surface area (TPSA) is 78.5 Å². The number of aromatic amines is 1. The first kappa shape index (κ1) is 6.68. The molecule has 4 nitrogen and oxygen atoms in total. The van der Waals surface area contributed by atoms with Crippen molar-refractivity contribution < 1.29 is 0 Å². The number of H-pyrrole nitrogens is 1. The molecule has 0 aliphatic heterocycles. The summed E-state index contributed by atoms with van der Waals surface area (Å²) in [5.41, 5.74) is 6.71. The summed E-state index contributed by atoms with van der Waals surface area (Å²) in [7, 11) is 0. The third-order valence-electron chi connectivity index (χ3n) is 1.68. The number of hydrogen-bond donors (Lipinski definition) is 2. The fraction of sp³-hybridized carbons (Fsp3) is 0. The Balaban J connectivity index is 2.84. The number of anilines is 1. The zero-order valence-corrected chi connectivity index (χ0v) is 6.20. The predicted octanol–water partition coefficient (Wildman–Crippen LogP) is 1.02. The predicted molar refractivity (Wildman–Crippen MR) is 45.2 cm³/mol. The van der Waals surface area contributed by atoms with Gasteiger partial charge in [-0.3, -0.25) is 0 Å². The van der Waals surface area contributed by atoms with Gasteiger partial charge in [-0.05, 0) is 12.1 Å². The highest BCUT2D eigenvalue weighted by molar-refractivity contribution is 5.83. The van der Waals surface area contributed by atoms with Crippen LogP contribution in [0.5, 0.6) is 0 Å². The van der Waals surface area contributed by atoms with Gasteiger partial charge in [-0.25, -0.2) is 4.98 Å². The molecule has 0 bridgehead atoms. The average molecular weight is 158 g/mol. The summed E-state index contributed by atoms with van der Waals surface area (Å²) in [6.45, 7) is 0. The SMILES string of the molecule is N#Cc1c[nH]c2nc(N)ccc12. The lowest BCUT2D eigenvalue weighted by atomic mass is 10.2. The monoisotopic (exact) mass is 158 g/mol. The molecule has 2 aromatic rings. The van der Waals surface area contributed by atoms with Crippen LogP contribution in [0.2, 0.25) is 0 Å². The molecule has 0 amide bonds. The van der Waals surface area contributed by atoms with E-state index in [2.05, 4.69) is 16.0 Å².